The smallest absolute Gasteiger partial charge is 0.158 e. The lowest BCUT2D eigenvalue weighted by Gasteiger charge is -2.34. The fraction of sp³-hybridized carbons (Fsp3) is 0.692. The molecule has 5 nitrogen and oxygen atoms in total. The van der Waals surface area contributed by atoms with Crippen molar-refractivity contribution in [2.24, 2.45) is 5.73 Å². The molecule has 2 N–H and O–H groups in total. The van der Waals surface area contributed by atoms with Gasteiger partial charge in [-0.15, -0.1) is 0 Å². The van der Waals surface area contributed by atoms with Crippen molar-refractivity contribution in [2.45, 2.75) is 38.5 Å². The van der Waals surface area contributed by atoms with Gasteiger partial charge in [0.15, 0.2) is 5.82 Å². The van der Waals surface area contributed by atoms with Crippen LogP contribution in [0.3, 0.4) is 0 Å². The summed E-state index contributed by atoms with van der Waals surface area (Å²) >= 11 is 0. The molecule has 0 spiro atoms. The standard InChI is InChI=1S/C13H20N4O/c1-9-10(5-14)6-15-13(16-9)12-7-17-4-2-3-11(17)8-18-12/h6,11-12H,2-5,7-8,14H2,1H3. The summed E-state index contributed by atoms with van der Waals surface area (Å²) in [4.78, 5) is 11.4. The predicted octanol–water partition coefficient (Wildman–Crippen LogP) is 0.779. The Kier molecular flexibility index (Phi) is 3.28. The normalized spacial score (nSPS) is 28.3. The molecule has 2 fully saturated rings. The molecule has 0 radical (unpaired) electrons. The minimum atomic E-state index is 0.0184. The number of hydrogen-bond acceptors (Lipinski definition) is 5. The van der Waals surface area contributed by atoms with Crippen LogP contribution in [0.5, 0.6) is 0 Å². The van der Waals surface area contributed by atoms with Gasteiger partial charge in [0.25, 0.3) is 0 Å². The summed E-state index contributed by atoms with van der Waals surface area (Å²) in [6, 6.07) is 0.616. The van der Waals surface area contributed by atoms with E-state index < -0.39 is 0 Å². The zero-order valence-electron chi connectivity index (χ0n) is 10.8. The first-order valence-electron chi connectivity index (χ1n) is 6.66. The van der Waals surface area contributed by atoms with Crippen molar-refractivity contribution >= 4 is 0 Å². The number of ether oxygens (including phenoxy) is 1. The highest BCUT2D eigenvalue weighted by Crippen LogP contribution is 2.28. The largest absolute Gasteiger partial charge is 0.367 e. The van der Waals surface area contributed by atoms with E-state index in [-0.39, 0.29) is 6.10 Å². The summed E-state index contributed by atoms with van der Waals surface area (Å²) in [7, 11) is 0. The van der Waals surface area contributed by atoms with Crippen molar-refractivity contribution in [1.29, 1.82) is 0 Å². The second kappa shape index (κ2) is 4.91. The van der Waals surface area contributed by atoms with Crippen LogP contribution < -0.4 is 5.73 Å². The van der Waals surface area contributed by atoms with E-state index in [1.807, 2.05) is 13.1 Å². The van der Waals surface area contributed by atoms with Crippen LogP contribution >= 0.6 is 0 Å². The Hall–Kier alpha value is -1.04. The van der Waals surface area contributed by atoms with E-state index in [0.717, 1.165) is 30.2 Å². The lowest BCUT2D eigenvalue weighted by molar-refractivity contribution is -0.0542. The van der Waals surface area contributed by atoms with Gasteiger partial charge in [0, 0.05) is 36.6 Å². The molecule has 5 heteroatoms. The van der Waals surface area contributed by atoms with Gasteiger partial charge in [0.05, 0.1) is 6.61 Å². The molecule has 0 amide bonds. The average molecular weight is 248 g/mol. The van der Waals surface area contributed by atoms with Crippen LogP contribution in [0.2, 0.25) is 0 Å². The van der Waals surface area contributed by atoms with E-state index in [9.17, 15) is 0 Å². The van der Waals surface area contributed by atoms with E-state index in [2.05, 4.69) is 14.9 Å². The first kappa shape index (κ1) is 12.0. The van der Waals surface area contributed by atoms with Gasteiger partial charge in [-0.3, -0.25) is 4.90 Å². The van der Waals surface area contributed by atoms with Crippen LogP contribution in [-0.2, 0) is 11.3 Å². The van der Waals surface area contributed by atoms with E-state index in [1.54, 1.807) is 0 Å². The Morgan fingerprint density at radius 3 is 3.22 bits per heavy atom. The molecule has 0 aliphatic carbocycles. The molecule has 2 saturated heterocycles. The SMILES string of the molecule is Cc1nc(C2CN3CCCC3CO2)ncc1CN. The molecule has 3 rings (SSSR count). The molecule has 2 unspecified atom stereocenters. The number of aromatic nitrogens is 2. The topological polar surface area (TPSA) is 64.3 Å². The van der Waals surface area contributed by atoms with Gasteiger partial charge in [0.2, 0.25) is 0 Å². The van der Waals surface area contributed by atoms with Crippen LogP contribution in [0.15, 0.2) is 6.20 Å². The van der Waals surface area contributed by atoms with Crippen LogP contribution in [0.4, 0.5) is 0 Å². The van der Waals surface area contributed by atoms with Crippen molar-refractivity contribution in [3.63, 3.8) is 0 Å². The third-order valence-electron chi connectivity index (χ3n) is 4.00. The summed E-state index contributed by atoms with van der Waals surface area (Å²) in [6.45, 7) is 5.39. The predicted molar refractivity (Wildman–Crippen MR) is 67.9 cm³/mol. The summed E-state index contributed by atoms with van der Waals surface area (Å²) < 4.78 is 5.91. The highest BCUT2D eigenvalue weighted by atomic mass is 16.5. The van der Waals surface area contributed by atoms with Crippen LogP contribution in [-0.4, -0.2) is 40.6 Å². The van der Waals surface area contributed by atoms with Gasteiger partial charge in [-0.25, -0.2) is 9.97 Å². The number of aryl methyl sites for hydroxylation is 1. The summed E-state index contributed by atoms with van der Waals surface area (Å²) in [5.41, 5.74) is 7.60. The molecule has 18 heavy (non-hydrogen) atoms. The molecule has 0 aromatic carbocycles. The fourth-order valence-electron chi connectivity index (χ4n) is 2.84. The highest BCUT2D eigenvalue weighted by molar-refractivity contribution is 5.16. The third-order valence-corrected chi connectivity index (χ3v) is 4.00. The maximum absolute atomic E-state index is 5.91. The molecular formula is C13H20N4O. The van der Waals surface area contributed by atoms with Crippen molar-refractivity contribution in [1.82, 2.24) is 14.9 Å². The van der Waals surface area contributed by atoms with Crippen LogP contribution in [0.1, 0.15) is 36.0 Å². The van der Waals surface area contributed by atoms with E-state index in [4.69, 9.17) is 10.5 Å². The third kappa shape index (κ3) is 2.13. The van der Waals surface area contributed by atoms with Crippen LogP contribution in [0, 0.1) is 6.92 Å². The molecule has 1 aromatic heterocycles. The van der Waals surface area contributed by atoms with Gasteiger partial charge in [-0.1, -0.05) is 0 Å². The lowest BCUT2D eigenvalue weighted by atomic mass is 10.1. The lowest BCUT2D eigenvalue weighted by Crippen LogP contribution is -2.42. The number of rotatable bonds is 2. The molecule has 0 bridgehead atoms. The maximum atomic E-state index is 5.91. The number of hydrogen-bond donors (Lipinski definition) is 1. The van der Waals surface area contributed by atoms with Crippen molar-refractivity contribution in [3.8, 4) is 0 Å². The molecular weight excluding hydrogens is 228 g/mol. The van der Waals surface area contributed by atoms with Crippen molar-refractivity contribution in [3.05, 3.63) is 23.3 Å². The molecule has 1 aromatic rings. The van der Waals surface area contributed by atoms with Gasteiger partial charge in [0.1, 0.15) is 6.10 Å². The van der Waals surface area contributed by atoms with E-state index >= 15 is 0 Å². The van der Waals surface area contributed by atoms with Gasteiger partial charge < -0.3 is 10.5 Å². The Bertz CT molecular complexity index is 437. The Morgan fingerprint density at radius 2 is 2.44 bits per heavy atom. The second-order valence-corrected chi connectivity index (χ2v) is 5.16. The molecule has 2 atom stereocenters. The van der Waals surface area contributed by atoms with Crippen LogP contribution in [0.25, 0.3) is 0 Å². The van der Waals surface area contributed by atoms with Gasteiger partial charge >= 0.3 is 0 Å². The van der Waals surface area contributed by atoms with E-state index in [0.29, 0.717) is 12.6 Å². The Morgan fingerprint density at radius 1 is 1.56 bits per heavy atom. The monoisotopic (exact) mass is 248 g/mol. The molecule has 2 aliphatic heterocycles. The van der Waals surface area contributed by atoms with Gasteiger partial charge in [-0.05, 0) is 26.3 Å². The zero-order valence-corrected chi connectivity index (χ0v) is 10.8. The maximum Gasteiger partial charge on any atom is 0.158 e. The van der Waals surface area contributed by atoms with E-state index in [1.165, 1.54) is 19.4 Å². The molecule has 3 heterocycles. The summed E-state index contributed by atoms with van der Waals surface area (Å²) in [6.07, 6.45) is 4.40. The molecule has 2 aliphatic rings. The number of nitrogens with zero attached hydrogens (tertiary/aromatic N) is 3. The quantitative estimate of drug-likeness (QED) is 0.838. The average Bonchev–Trinajstić information content (AvgIpc) is 2.85. The highest BCUT2D eigenvalue weighted by Gasteiger charge is 2.34. The second-order valence-electron chi connectivity index (χ2n) is 5.16. The minimum absolute atomic E-state index is 0.0184. The zero-order chi connectivity index (χ0) is 12.5. The Labute approximate surface area is 107 Å². The fourth-order valence-corrected chi connectivity index (χ4v) is 2.84. The molecule has 0 saturated carbocycles. The van der Waals surface area contributed by atoms with Gasteiger partial charge in [-0.2, -0.15) is 0 Å². The Balaban J connectivity index is 1.76. The number of morpholine rings is 1. The number of fused-ring (bicyclic) bond motifs is 1. The first-order valence-corrected chi connectivity index (χ1v) is 6.66. The minimum Gasteiger partial charge on any atom is -0.367 e. The number of nitrogens with two attached hydrogens (primary N) is 1. The molecule has 98 valence electrons. The first-order chi connectivity index (χ1) is 8.78. The van der Waals surface area contributed by atoms with Crippen molar-refractivity contribution < 1.29 is 4.74 Å². The summed E-state index contributed by atoms with van der Waals surface area (Å²) in [5, 5.41) is 0. The summed E-state index contributed by atoms with van der Waals surface area (Å²) in [5.74, 6) is 0.801. The van der Waals surface area contributed by atoms with Crippen molar-refractivity contribution in [2.75, 3.05) is 19.7 Å².